The van der Waals surface area contributed by atoms with E-state index in [4.69, 9.17) is 4.74 Å². The molecule has 1 heterocycles. The fourth-order valence-corrected chi connectivity index (χ4v) is 1.92. The van der Waals surface area contributed by atoms with Crippen LogP contribution in [0.3, 0.4) is 0 Å². The summed E-state index contributed by atoms with van der Waals surface area (Å²) in [6.45, 7) is 4.49. The summed E-state index contributed by atoms with van der Waals surface area (Å²) in [7, 11) is 1.36. The van der Waals surface area contributed by atoms with E-state index >= 15 is 0 Å². The van der Waals surface area contributed by atoms with Gasteiger partial charge in [-0.3, -0.25) is 14.6 Å². The minimum absolute atomic E-state index is 0.0360. The lowest BCUT2D eigenvalue weighted by atomic mass is 10.1. The van der Waals surface area contributed by atoms with Crippen LogP contribution in [0.4, 0.5) is 0 Å². The van der Waals surface area contributed by atoms with Crippen LogP contribution in [0, 0.1) is 5.92 Å². The van der Waals surface area contributed by atoms with E-state index in [9.17, 15) is 9.59 Å². The molecule has 0 N–H and O–H groups in total. The van der Waals surface area contributed by atoms with Crippen LogP contribution in [0.15, 0.2) is 24.4 Å². The van der Waals surface area contributed by atoms with Crippen molar-refractivity contribution < 1.29 is 14.3 Å². The number of methoxy groups -OCH3 is 1. The van der Waals surface area contributed by atoms with Crippen LogP contribution < -0.4 is 0 Å². The maximum absolute atomic E-state index is 12.1. The van der Waals surface area contributed by atoms with Crippen molar-refractivity contribution in [2.24, 2.45) is 5.92 Å². The number of ether oxygens (including phenoxy) is 1. The SMILES string of the molecule is CCCC(=O)N(Cc1ccccn1)CC(C)C(=O)OC. The highest BCUT2D eigenvalue weighted by molar-refractivity contribution is 5.77. The number of pyridine rings is 1. The zero-order valence-electron chi connectivity index (χ0n) is 12.3. The molecule has 5 heteroatoms. The van der Waals surface area contributed by atoms with Gasteiger partial charge >= 0.3 is 5.97 Å². The molecule has 0 saturated carbocycles. The van der Waals surface area contributed by atoms with E-state index in [1.54, 1.807) is 18.0 Å². The molecule has 1 aromatic heterocycles. The molecule has 5 nitrogen and oxygen atoms in total. The van der Waals surface area contributed by atoms with E-state index in [1.165, 1.54) is 7.11 Å². The Morgan fingerprint density at radius 1 is 1.40 bits per heavy atom. The molecule has 1 rings (SSSR count). The van der Waals surface area contributed by atoms with Crippen molar-refractivity contribution in [2.75, 3.05) is 13.7 Å². The Morgan fingerprint density at radius 2 is 2.15 bits per heavy atom. The first-order valence-corrected chi connectivity index (χ1v) is 6.84. The first-order valence-electron chi connectivity index (χ1n) is 6.84. The predicted octanol–water partition coefficient (Wildman–Crippen LogP) is 2.02. The Balaban J connectivity index is 2.75. The minimum atomic E-state index is -0.343. The van der Waals surface area contributed by atoms with Gasteiger partial charge in [0.1, 0.15) is 0 Å². The topological polar surface area (TPSA) is 59.5 Å². The second-order valence-electron chi connectivity index (χ2n) is 4.77. The minimum Gasteiger partial charge on any atom is -0.469 e. The molecular weight excluding hydrogens is 256 g/mol. The van der Waals surface area contributed by atoms with Gasteiger partial charge in [0.2, 0.25) is 5.91 Å². The molecular formula is C15H22N2O3. The molecule has 0 saturated heterocycles. The Morgan fingerprint density at radius 3 is 2.70 bits per heavy atom. The summed E-state index contributed by atoms with van der Waals surface area (Å²) in [5.41, 5.74) is 0.814. The van der Waals surface area contributed by atoms with Crippen molar-refractivity contribution in [1.29, 1.82) is 0 Å². The van der Waals surface area contributed by atoms with Crippen LogP contribution in [0.25, 0.3) is 0 Å². The Labute approximate surface area is 119 Å². The molecule has 0 bridgehead atoms. The van der Waals surface area contributed by atoms with Gasteiger partial charge < -0.3 is 9.64 Å². The number of rotatable bonds is 7. The number of nitrogens with zero attached hydrogens (tertiary/aromatic N) is 2. The summed E-state index contributed by atoms with van der Waals surface area (Å²) in [5, 5.41) is 0. The molecule has 1 atom stereocenters. The molecule has 110 valence electrons. The Kier molecular flexibility index (Phi) is 6.70. The molecule has 20 heavy (non-hydrogen) atoms. The largest absolute Gasteiger partial charge is 0.469 e. The van der Waals surface area contributed by atoms with Crippen LogP contribution in [0.2, 0.25) is 0 Å². The van der Waals surface area contributed by atoms with Gasteiger partial charge in [0.25, 0.3) is 0 Å². The maximum Gasteiger partial charge on any atom is 0.310 e. The van der Waals surface area contributed by atoms with Gasteiger partial charge in [0, 0.05) is 19.2 Å². The first-order chi connectivity index (χ1) is 9.58. The summed E-state index contributed by atoms with van der Waals surface area (Å²) in [6.07, 6.45) is 2.95. The number of carbonyl (C=O) groups excluding carboxylic acids is 2. The second-order valence-corrected chi connectivity index (χ2v) is 4.77. The summed E-state index contributed by atoms with van der Waals surface area (Å²) >= 11 is 0. The van der Waals surface area contributed by atoms with Crippen molar-refractivity contribution in [3.63, 3.8) is 0 Å². The number of carbonyl (C=O) groups is 2. The third-order valence-electron chi connectivity index (χ3n) is 2.99. The smallest absolute Gasteiger partial charge is 0.310 e. The fourth-order valence-electron chi connectivity index (χ4n) is 1.92. The molecule has 0 aromatic carbocycles. The van der Waals surface area contributed by atoms with E-state index in [-0.39, 0.29) is 17.8 Å². The number of esters is 1. The highest BCUT2D eigenvalue weighted by Crippen LogP contribution is 2.09. The van der Waals surface area contributed by atoms with E-state index in [2.05, 4.69) is 4.98 Å². The zero-order chi connectivity index (χ0) is 15.0. The molecule has 0 aliphatic heterocycles. The lowest BCUT2D eigenvalue weighted by Crippen LogP contribution is -2.36. The predicted molar refractivity (Wildman–Crippen MR) is 75.7 cm³/mol. The third kappa shape index (κ3) is 4.99. The van der Waals surface area contributed by atoms with Crippen LogP contribution in [0.1, 0.15) is 32.4 Å². The fraction of sp³-hybridized carbons (Fsp3) is 0.533. The van der Waals surface area contributed by atoms with E-state index < -0.39 is 0 Å². The molecule has 0 aliphatic carbocycles. The molecule has 1 amide bonds. The average Bonchev–Trinajstić information content (AvgIpc) is 2.46. The highest BCUT2D eigenvalue weighted by Gasteiger charge is 2.21. The van der Waals surface area contributed by atoms with Crippen molar-refractivity contribution in [1.82, 2.24) is 9.88 Å². The lowest BCUT2D eigenvalue weighted by molar-refractivity contribution is -0.146. The normalized spacial score (nSPS) is 11.8. The van der Waals surface area contributed by atoms with Crippen molar-refractivity contribution >= 4 is 11.9 Å². The van der Waals surface area contributed by atoms with Gasteiger partial charge in [-0.25, -0.2) is 0 Å². The summed E-state index contributed by atoms with van der Waals surface area (Å²) in [4.78, 5) is 29.5. The number of hydrogen-bond donors (Lipinski definition) is 0. The van der Waals surface area contributed by atoms with Gasteiger partial charge in [-0.05, 0) is 18.6 Å². The standard InChI is InChI=1S/C15H22N2O3/c1-4-7-14(18)17(10-12(2)15(19)20-3)11-13-8-5-6-9-16-13/h5-6,8-9,12H,4,7,10-11H2,1-3H3. The second kappa shape index (κ2) is 8.30. The Bertz CT molecular complexity index is 434. The van der Waals surface area contributed by atoms with Crippen LogP contribution in [-0.4, -0.2) is 35.4 Å². The van der Waals surface area contributed by atoms with Crippen molar-refractivity contribution in [3.8, 4) is 0 Å². The lowest BCUT2D eigenvalue weighted by Gasteiger charge is -2.24. The number of aromatic nitrogens is 1. The van der Waals surface area contributed by atoms with Gasteiger partial charge in [-0.1, -0.05) is 19.9 Å². The van der Waals surface area contributed by atoms with Gasteiger partial charge in [-0.2, -0.15) is 0 Å². The molecule has 0 radical (unpaired) electrons. The van der Waals surface area contributed by atoms with Gasteiger partial charge in [0.05, 0.1) is 25.3 Å². The van der Waals surface area contributed by atoms with Crippen molar-refractivity contribution in [2.45, 2.75) is 33.2 Å². The summed E-state index contributed by atoms with van der Waals surface area (Å²) < 4.78 is 4.71. The van der Waals surface area contributed by atoms with E-state index in [0.29, 0.717) is 19.5 Å². The Hall–Kier alpha value is -1.91. The molecule has 0 spiro atoms. The third-order valence-corrected chi connectivity index (χ3v) is 2.99. The number of hydrogen-bond acceptors (Lipinski definition) is 4. The molecule has 1 unspecified atom stereocenters. The quantitative estimate of drug-likeness (QED) is 0.716. The molecule has 1 aromatic rings. The van der Waals surface area contributed by atoms with E-state index in [0.717, 1.165) is 12.1 Å². The van der Waals surface area contributed by atoms with Gasteiger partial charge in [-0.15, -0.1) is 0 Å². The highest BCUT2D eigenvalue weighted by atomic mass is 16.5. The molecule has 0 aliphatic rings. The molecule has 0 fully saturated rings. The monoisotopic (exact) mass is 278 g/mol. The van der Waals surface area contributed by atoms with Crippen LogP contribution >= 0.6 is 0 Å². The van der Waals surface area contributed by atoms with Crippen LogP contribution in [-0.2, 0) is 20.9 Å². The zero-order valence-corrected chi connectivity index (χ0v) is 12.3. The summed E-state index contributed by atoms with van der Waals surface area (Å²) in [5.74, 6) is -0.612. The van der Waals surface area contributed by atoms with Crippen LogP contribution in [0.5, 0.6) is 0 Å². The van der Waals surface area contributed by atoms with E-state index in [1.807, 2.05) is 25.1 Å². The number of amides is 1. The first kappa shape index (κ1) is 16.1. The van der Waals surface area contributed by atoms with Crippen molar-refractivity contribution in [3.05, 3.63) is 30.1 Å². The maximum atomic E-state index is 12.1. The van der Waals surface area contributed by atoms with Gasteiger partial charge in [0.15, 0.2) is 0 Å². The summed E-state index contributed by atoms with van der Waals surface area (Å²) in [6, 6.07) is 5.59. The average molecular weight is 278 g/mol.